The summed E-state index contributed by atoms with van der Waals surface area (Å²) in [6, 6.07) is 14.8. The number of aliphatic hydroxyl groups excluding tert-OH is 1. The van der Waals surface area contributed by atoms with E-state index in [1.165, 1.54) is 0 Å². The van der Waals surface area contributed by atoms with Crippen LogP contribution < -0.4 is 16.0 Å². The summed E-state index contributed by atoms with van der Waals surface area (Å²) in [6.45, 7) is 7.65. The van der Waals surface area contributed by atoms with Crippen LogP contribution in [-0.4, -0.2) is 67.6 Å². The highest BCUT2D eigenvalue weighted by Gasteiger charge is 2.50. The van der Waals surface area contributed by atoms with E-state index in [1.807, 2.05) is 50.2 Å². The number of amides is 2. The zero-order chi connectivity index (χ0) is 31.9. The quantitative estimate of drug-likeness (QED) is 0.259. The molecule has 8 rings (SSSR count). The van der Waals surface area contributed by atoms with E-state index >= 15 is 0 Å². The summed E-state index contributed by atoms with van der Waals surface area (Å²) in [5, 5.41) is 13.7. The molecule has 238 valence electrons. The number of aliphatic hydroxyl groups is 1. The van der Waals surface area contributed by atoms with Crippen LogP contribution >= 0.6 is 0 Å². The molecule has 0 unspecified atom stereocenters. The number of hydrogen-bond donors (Lipinski definition) is 3. The van der Waals surface area contributed by atoms with Crippen molar-refractivity contribution in [1.82, 2.24) is 19.4 Å². The van der Waals surface area contributed by atoms with Gasteiger partial charge in [0.2, 0.25) is 11.8 Å². The maximum Gasteiger partial charge on any atom is 0.249 e. The van der Waals surface area contributed by atoms with Crippen LogP contribution in [0.25, 0.3) is 22.3 Å². The molecule has 2 aromatic carbocycles. The summed E-state index contributed by atoms with van der Waals surface area (Å²) in [6.07, 6.45) is 7.58. The maximum atomic E-state index is 13.9. The Hall–Kier alpha value is -4.28. The van der Waals surface area contributed by atoms with Gasteiger partial charge in [-0.05, 0) is 101 Å². The van der Waals surface area contributed by atoms with Gasteiger partial charge in [-0.1, -0.05) is 18.2 Å². The van der Waals surface area contributed by atoms with Crippen molar-refractivity contribution in [1.29, 1.82) is 0 Å². The number of β-amino-alcohol motifs (C(OH)–C–C–N with tert-alkyl or cyclic N) is 1. The molecule has 4 aromatic rings. The molecule has 4 N–H and O–H groups in total. The number of imidazole rings is 1. The summed E-state index contributed by atoms with van der Waals surface area (Å²) in [4.78, 5) is 40.4. The van der Waals surface area contributed by atoms with Gasteiger partial charge in [-0.15, -0.1) is 0 Å². The molecule has 3 fully saturated rings. The third-order valence-electron chi connectivity index (χ3n) is 10.6. The van der Waals surface area contributed by atoms with E-state index in [0.29, 0.717) is 23.5 Å². The van der Waals surface area contributed by atoms with Crippen molar-refractivity contribution in [2.45, 2.75) is 88.9 Å². The topological polar surface area (TPSA) is 130 Å². The molecule has 0 radical (unpaired) electrons. The SMILES string of the molecule is Cc1ccc(Nc2nc(-c3ccc4c(c3)N([C@H]3C[C@@H](N5CCC[C@H](O)C5)C3)C(=O)C4(C)C)cc3ncn(C4CC4)c23)cc1C(N)=O. The number of nitrogens with zero attached hydrogens (tertiary/aromatic N) is 5. The van der Waals surface area contributed by atoms with E-state index in [2.05, 4.69) is 33.0 Å². The number of carbonyl (C=O) groups is 2. The minimum atomic E-state index is -0.614. The maximum absolute atomic E-state index is 13.9. The number of primary amides is 1. The van der Waals surface area contributed by atoms with E-state index in [-0.39, 0.29) is 18.1 Å². The number of nitrogens with two attached hydrogens (primary N) is 1. The van der Waals surface area contributed by atoms with E-state index in [4.69, 9.17) is 15.7 Å². The Bertz CT molecular complexity index is 1890. The highest BCUT2D eigenvalue weighted by molar-refractivity contribution is 6.09. The molecule has 0 spiro atoms. The van der Waals surface area contributed by atoms with E-state index < -0.39 is 11.3 Å². The van der Waals surface area contributed by atoms with Crippen LogP contribution in [0.5, 0.6) is 0 Å². The number of pyridine rings is 1. The molecule has 2 aromatic heterocycles. The second kappa shape index (κ2) is 10.6. The lowest BCUT2D eigenvalue weighted by Gasteiger charge is -2.48. The average Bonchev–Trinajstić information content (AvgIpc) is 3.73. The third kappa shape index (κ3) is 4.77. The third-order valence-corrected chi connectivity index (χ3v) is 10.6. The number of anilines is 3. The molecule has 10 nitrogen and oxygen atoms in total. The lowest BCUT2D eigenvalue weighted by molar-refractivity contribution is -0.123. The molecular formula is C36H41N7O3. The molecule has 46 heavy (non-hydrogen) atoms. The van der Waals surface area contributed by atoms with Gasteiger partial charge in [0.15, 0.2) is 5.82 Å². The second-order valence-corrected chi connectivity index (χ2v) is 14.2. The van der Waals surface area contributed by atoms with Crippen molar-refractivity contribution in [3.05, 3.63) is 65.5 Å². The zero-order valence-electron chi connectivity index (χ0n) is 26.7. The minimum absolute atomic E-state index is 0.134. The van der Waals surface area contributed by atoms with E-state index in [0.717, 1.165) is 96.4 Å². The first-order valence-corrected chi connectivity index (χ1v) is 16.5. The number of fused-ring (bicyclic) bond motifs is 2. The number of nitrogens with one attached hydrogen (secondary N) is 1. The van der Waals surface area contributed by atoms with Crippen LogP contribution in [0.2, 0.25) is 0 Å². The molecule has 10 heteroatoms. The Labute approximate surface area is 268 Å². The predicted molar refractivity (Wildman–Crippen MR) is 178 cm³/mol. The van der Waals surface area contributed by atoms with Gasteiger partial charge in [0.25, 0.3) is 0 Å². The van der Waals surface area contributed by atoms with Gasteiger partial charge in [-0.3, -0.25) is 14.5 Å². The van der Waals surface area contributed by atoms with Crippen LogP contribution in [0.4, 0.5) is 17.2 Å². The number of rotatable bonds is 7. The number of carbonyl (C=O) groups excluding carboxylic acids is 2. The van der Waals surface area contributed by atoms with Gasteiger partial charge in [-0.2, -0.15) is 0 Å². The number of benzene rings is 2. The van der Waals surface area contributed by atoms with Crippen LogP contribution in [0.15, 0.2) is 48.8 Å². The Morgan fingerprint density at radius 2 is 1.85 bits per heavy atom. The van der Waals surface area contributed by atoms with Crippen molar-refractivity contribution in [3.63, 3.8) is 0 Å². The van der Waals surface area contributed by atoms with Crippen molar-refractivity contribution in [2.75, 3.05) is 23.3 Å². The smallest absolute Gasteiger partial charge is 0.249 e. The fourth-order valence-electron chi connectivity index (χ4n) is 7.72. The predicted octanol–water partition coefficient (Wildman–Crippen LogP) is 5.20. The van der Waals surface area contributed by atoms with Gasteiger partial charge in [0, 0.05) is 47.2 Å². The first-order valence-electron chi connectivity index (χ1n) is 16.5. The zero-order valence-corrected chi connectivity index (χ0v) is 26.7. The highest BCUT2D eigenvalue weighted by Crippen LogP contribution is 2.48. The molecule has 2 aliphatic heterocycles. The normalized spacial score (nSPS) is 24.2. The fourth-order valence-corrected chi connectivity index (χ4v) is 7.72. The van der Waals surface area contributed by atoms with Crippen LogP contribution in [0.3, 0.4) is 0 Å². The monoisotopic (exact) mass is 619 g/mol. The standard InChI is InChI=1S/C36H41N7O3/c1-20-6-8-22(14-27(20)33(37)45)39-34-32-30(38-19-42(32)23-9-10-23)17-29(40-34)21-7-11-28-31(13-21)43(35(46)36(28,2)3)25-15-24(16-25)41-12-4-5-26(44)18-41/h6-8,11,13-14,17,19,23-26,44H,4-5,9-10,12,15-16,18H2,1-3H3,(H2,37,45)(H,39,40)/t24-,25+,26-/m0/s1. The van der Waals surface area contributed by atoms with Gasteiger partial charge in [0.1, 0.15) is 5.52 Å². The largest absolute Gasteiger partial charge is 0.392 e. The summed E-state index contributed by atoms with van der Waals surface area (Å²) in [5.74, 6) is 0.332. The van der Waals surface area contributed by atoms with Crippen molar-refractivity contribution in [2.24, 2.45) is 5.73 Å². The number of aromatic nitrogens is 3. The number of piperidine rings is 1. The lowest BCUT2D eigenvalue weighted by atomic mass is 9.82. The minimum Gasteiger partial charge on any atom is -0.392 e. The fraction of sp³-hybridized carbons (Fsp3) is 0.444. The van der Waals surface area contributed by atoms with Gasteiger partial charge in [-0.25, -0.2) is 9.97 Å². The lowest BCUT2D eigenvalue weighted by Crippen LogP contribution is -2.58. The van der Waals surface area contributed by atoms with Crippen molar-refractivity contribution >= 4 is 40.0 Å². The van der Waals surface area contributed by atoms with Crippen LogP contribution in [0.1, 0.15) is 79.9 Å². The molecule has 1 atom stereocenters. The summed E-state index contributed by atoms with van der Waals surface area (Å²) < 4.78 is 2.19. The summed E-state index contributed by atoms with van der Waals surface area (Å²) in [5.41, 5.74) is 12.5. The molecule has 1 saturated heterocycles. The number of likely N-dealkylation sites (tertiary alicyclic amines) is 1. The Balaban J connectivity index is 1.16. The molecule has 2 aliphatic carbocycles. The average molecular weight is 620 g/mol. The van der Waals surface area contributed by atoms with Gasteiger partial charge >= 0.3 is 0 Å². The van der Waals surface area contributed by atoms with Crippen LogP contribution in [-0.2, 0) is 10.2 Å². The van der Waals surface area contributed by atoms with Crippen molar-refractivity contribution in [3.8, 4) is 11.3 Å². The molecule has 2 amide bonds. The summed E-state index contributed by atoms with van der Waals surface area (Å²) >= 11 is 0. The Kier molecular flexibility index (Phi) is 6.74. The van der Waals surface area contributed by atoms with Crippen LogP contribution in [0, 0.1) is 6.92 Å². The first-order chi connectivity index (χ1) is 22.1. The first kappa shape index (κ1) is 29.1. The van der Waals surface area contributed by atoms with Gasteiger partial charge in [0.05, 0.1) is 29.1 Å². The molecule has 4 heterocycles. The Morgan fingerprint density at radius 3 is 2.59 bits per heavy atom. The highest BCUT2D eigenvalue weighted by atomic mass is 16.3. The number of hydrogen-bond acceptors (Lipinski definition) is 7. The van der Waals surface area contributed by atoms with Gasteiger partial charge < -0.3 is 25.6 Å². The van der Waals surface area contributed by atoms with E-state index in [9.17, 15) is 14.7 Å². The second-order valence-electron chi connectivity index (χ2n) is 14.2. The molecule has 2 saturated carbocycles. The van der Waals surface area contributed by atoms with E-state index in [1.54, 1.807) is 6.07 Å². The molecular weight excluding hydrogens is 578 g/mol. The molecule has 0 bridgehead atoms. The summed E-state index contributed by atoms with van der Waals surface area (Å²) in [7, 11) is 0. The number of aryl methyl sites for hydroxylation is 1. The Morgan fingerprint density at radius 1 is 1.04 bits per heavy atom. The molecule has 4 aliphatic rings. The van der Waals surface area contributed by atoms with Crippen molar-refractivity contribution < 1.29 is 14.7 Å².